The molecular weight excluding hydrogens is 425 g/mol. The maximum atomic E-state index is 10.6. The number of alkyl halides is 3. The first kappa shape index (κ1) is 22.9. The lowest BCUT2D eigenvalue weighted by atomic mass is 10.1. The topological polar surface area (TPSA) is 89.2 Å². The summed E-state index contributed by atoms with van der Waals surface area (Å²) >= 11 is 0. The van der Waals surface area contributed by atoms with Crippen molar-refractivity contribution in [1.82, 2.24) is 9.80 Å². The highest BCUT2D eigenvalue weighted by atomic mass is 19.4. The number of ether oxygens (including phenoxy) is 1. The predicted octanol–water partition coefficient (Wildman–Crippen LogP) is 3.83. The van der Waals surface area contributed by atoms with Gasteiger partial charge >= 0.3 is 12.1 Å². The van der Waals surface area contributed by atoms with E-state index < -0.39 is 12.1 Å². The Morgan fingerprint density at radius 1 is 1.19 bits per heavy atom. The highest BCUT2D eigenvalue weighted by molar-refractivity contribution is 6.13. The Labute approximate surface area is 182 Å². The third-order valence-corrected chi connectivity index (χ3v) is 4.70. The Bertz CT molecular complexity index is 1050. The average Bonchev–Trinajstić information content (AvgIpc) is 3.26. The van der Waals surface area contributed by atoms with E-state index in [4.69, 9.17) is 20.0 Å². The fraction of sp³-hybridized carbons (Fsp3) is 0.227. The van der Waals surface area contributed by atoms with Gasteiger partial charge in [0, 0.05) is 12.6 Å². The number of aliphatic carboxylic acids is 1. The zero-order valence-corrected chi connectivity index (χ0v) is 17.1. The van der Waals surface area contributed by atoms with E-state index in [1.165, 1.54) is 0 Å². The summed E-state index contributed by atoms with van der Waals surface area (Å²) in [6, 6.07) is 18.2. The van der Waals surface area contributed by atoms with Crippen molar-refractivity contribution in [3.8, 4) is 5.75 Å². The Morgan fingerprint density at radius 3 is 2.50 bits per heavy atom. The van der Waals surface area contributed by atoms with E-state index in [1.54, 1.807) is 7.11 Å². The fourth-order valence-electron chi connectivity index (χ4n) is 3.25. The van der Waals surface area contributed by atoms with Crippen LogP contribution in [0.25, 0.3) is 5.70 Å². The molecule has 2 N–H and O–H groups in total. The molecule has 4 rings (SSSR count). The monoisotopic (exact) mass is 446 g/mol. The van der Waals surface area contributed by atoms with Crippen molar-refractivity contribution in [3.63, 3.8) is 0 Å². The van der Waals surface area contributed by atoms with Gasteiger partial charge in [-0.3, -0.25) is 15.3 Å². The lowest BCUT2D eigenvalue weighted by Gasteiger charge is -2.36. The van der Waals surface area contributed by atoms with Gasteiger partial charge in [0.2, 0.25) is 5.96 Å². The normalized spacial score (nSPS) is 15.3. The number of benzene rings is 2. The van der Waals surface area contributed by atoms with Crippen molar-refractivity contribution < 1.29 is 27.8 Å². The van der Waals surface area contributed by atoms with Crippen molar-refractivity contribution in [1.29, 1.82) is 5.41 Å². The highest BCUT2D eigenvalue weighted by Crippen LogP contribution is 2.29. The Morgan fingerprint density at radius 2 is 1.88 bits per heavy atom. The summed E-state index contributed by atoms with van der Waals surface area (Å²) in [6.07, 6.45) is -3.15. The van der Waals surface area contributed by atoms with E-state index in [1.807, 2.05) is 53.4 Å². The maximum Gasteiger partial charge on any atom is 0.490 e. The van der Waals surface area contributed by atoms with Gasteiger partial charge in [-0.15, -0.1) is 0 Å². The van der Waals surface area contributed by atoms with Crippen LogP contribution in [0.1, 0.15) is 11.1 Å². The number of methoxy groups -OCH3 is 1. The molecule has 2 heterocycles. The summed E-state index contributed by atoms with van der Waals surface area (Å²) in [5.74, 6) is -0.619. The largest absolute Gasteiger partial charge is 0.497 e. The molecule has 32 heavy (non-hydrogen) atoms. The number of carboxylic acid groups (broad SMARTS) is 1. The van der Waals surface area contributed by atoms with Crippen molar-refractivity contribution in [2.75, 3.05) is 20.2 Å². The number of aliphatic imine (C=N–C) groups is 1. The lowest BCUT2D eigenvalue weighted by molar-refractivity contribution is -0.192. The van der Waals surface area contributed by atoms with Crippen molar-refractivity contribution in [2.24, 2.45) is 4.99 Å². The van der Waals surface area contributed by atoms with Crippen LogP contribution in [0, 0.1) is 5.41 Å². The molecule has 2 aliphatic rings. The van der Waals surface area contributed by atoms with Crippen LogP contribution >= 0.6 is 0 Å². The summed E-state index contributed by atoms with van der Waals surface area (Å²) in [6.45, 7) is 2.20. The van der Waals surface area contributed by atoms with E-state index in [-0.39, 0.29) is 0 Å². The van der Waals surface area contributed by atoms with Crippen LogP contribution in [0.2, 0.25) is 0 Å². The minimum absolute atomic E-state index is 0.457. The van der Waals surface area contributed by atoms with E-state index in [0.29, 0.717) is 12.4 Å². The van der Waals surface area contributed by atoms with Gasteiger partial charge in [-0.2, -0.15) is 13.2 Å². The van der Waals surface area contributed by atoms with E-state index in [2.05, 4.69) is 22.0 Å². The van der Waals surface area contributed by atoms with Gasteiger partial charge in [-0.05, 0) is 23.3 Å². The predicted molar refractivity (Wildman–Crippen MR) is 113 cm³/mol. The molecule has 0 spiro atoms. The minimum Gasteiger partial charge on any atom is -0.497 e. The zero-order chi connectivity index (χ0) is 23.3. The smallest absolute Gasteiger partial charge is 0.490 e. The second kappa shape index (κ2) is 9.54. The van der Waals surface area contributed by atoms with Crippen LogP contribution < -0.4 is 4.74 Å². The van der Waals surface area contributed by atoms with Gasteiger partial charge in [0.1, 0.15) is 11.6 Å². The molecule has 2 aliphatic heterocycles. The highest BCUT2D eigenvalue weighted by Gasteiger charge is 2.38. The Balaban J connectivity index is 0.000000360. The van der Waals surface area contributed by atoms with Crippen LogP contribution in [0.3, 0.4) is 0 Å². The van der Waals surface area contributed by atoms with Crippen molar-refractivity contribution in [3.05, 3.63) is 71.8 Å². The van der Waals surface area contributed by atoms with Gasteiger partial charge in [-0.25, -0.2) is 4.79 Å². The molecule has 0 saturated heterocycles. The van der Waals surface area contributed by atoms with Gasteiger partial charge < -0.3 is 14.7 Å². The number of nitrogens with one attached hydrogen (secondary N) is 1. The molecule has 0 bridgehead atoms. The second-order valence-electron chi connectivity index (χ2n) is 6.85. The van der Waals surface area contributed by atoms with E-state index in [9.17, 15) is 13.2 Å². The number of amidine groups is 1. The molecule has 2 aromatic carbocycles. The van der Waals surface area contributed by atoms with Crippen LogP contribution in [-0.4, -0.2) is 59.0 Å². The third-order valence-electron chi connectivity index (χ3n) is 4.70. The zero-order valence-electron chi connectivity index (χ0n) is 17.1. The lowest BCUT2D eigenvalue weighted by Crippen LogP contribution is -2.47. The molecule has 7 nitrogen and oxygen atoms in total. The van der Waals surface area contributed by atoms with Crippen LogP contribution in [0.5, 0.6) is 5.75 Å². The number of hydrogen-bond donors (Lipinski definition) is 2. The van der Waals surface area contributed by atoms with Crippen molar-refractivity contribution in [2.45, 2.75) is 12.7 Å². The molecule has 0 aromatic heterocycles. The van der Waals surface area contributed by atoms with Crippen LogP contribution in [-0.2, 0) is 11.3 Å². The number of carbonyl (C=O) groups is 1. The molecule has 10 heteroatoms. The summed E-state index contributed by atoms with van der Waals surface area (Å²) in [7, 11) is 1.67. The minimum atomic E-state index is -5.08. The number of guanidine groups is 1. The standard InChI is InChI=1S/C20H20N4O.C2HF3O2/c1-25-17-9-5-6-15(12-17)14-24-19(21)13-18(16-7-3-2-4-8-16)23-11-10-22-20(23)24;3-2(4,5)1(6)7/h2-9,12-13,21H,10-11,14H2,1H3;(H,6,7). The quantitative estimate of drug-likeness (QED) is 0.745. The van der Waals surface area contributed by atoms with E-state index >= 15 is 0 Å². The first-order valence-electron chi connectivity index (χ1n) is 9.59. The average molecular weight is 446 g/mol. The van der Waals surface area contributed by atoms with E-state index in [0.717, 1.165) is 41.6 Å². The summed E-state index contributed by atoms with van der Waals surface area (Å²) in [5, 5.41) is 15.7. The van der Waals surface area contributed by atoms with Gasteiger partial charge in [0.15, 0.2) is 0 Å². The summed E-state index contributed by atoms with van der Waals surface area (Å²) < 4.78 is 37.0. The first-order valence-corrected chi connectivity index (χ1v) is 9.59. The molecule has 2 aromatic rings. The number of fused-ring (bicyclic) bond motifs is 1. The molecule has 0 aliphatic carbocycles. The first-order chi connectivity index (χ1) is 15.2. The number of hydrogen-bond acceptors (Lipinski definition) is 5. The second-order valence-corrected chi connectivity index (χ2v) is 6.85. The van der Waals surface area contributed by atoms with Crippen molar-refractivity contribution >= 4 is 23.5 Å². The van der Waals surface area contributed by atoms with Gasteiger partial charge in [-0.1, -0.05) is 42.5 Å². The molecule has 0 unspecified atom stereocenters. The molecular formula is C22H21F3N4O3. The number of carboxylic acids is 1. The van der Waals surface area contributed by atoms with Crippen LogP contribution in [0.15, 0.2) is 65.7 Å². The van der Waals surface area contributed by atoms with Gasteiger partial charge in [0.25, 0.3) is 0 Å². The Hall–Kier alpha value is -3.82. The molecule has 0 amide bonds. The number of rotatable bonds is 4. The SMILES string of the molecule is COc1cccc(CN2C(=N)C=C(c3ccccc3)N3CCN=C23)c1.O=C(O)C(F)(F)F. The number of nitrogens with zero attached hydrogens (tertiary/aromatic N) is 3. The molecule has 0 fully saturated rings. The van der Waals surface area contributed by atoms with Crippen LogP contribution in [0.4, 0.5) is 13.2 Å². The molecule has 0 saturated carbocycles. The Kier molecular flexibility index (Phi) is 6.82. The molecule has 0 radical (unpaired) electrons. The van der Waals surface area contributed by atoms with Gasteiger partial charge in [0.05, 0.1) is 25.9 Å². The fourth-order valence-corrected chi connectivity index (χ4v) is 3.25. The summed E-state index contributed by atoms with van der Waals surface area (Å²) in [4.78, 5) is 17.7. The summed E-state index contributed by atoms with van der Waals surface area (Å²) in [5.41, 5.74) is 3.25. The maximum absolute atomic E-state index is 10.6. The molecule has 0 atom stereocenters. The number of halogens is 3. The molecule has 168 valence electrons. The third kappa shape index (κ3) is 5.26.